The SMILES string of the molecule is C.CO.CO.O=S(=O)([O-])C(F)(F)F.[2H]C([2H])([2H])c1cc(-c2cccc3c2oc2cc4c5ccccc5c5ccccc5c4cc23)ncc1C.[2H]C([2H])([2H])c1cnc(-c2[c-]ccc3c2oc2cc4c5ccccc5c5ccccc5c4cc23)cc1C([2H])([2H])[2H].[2H]C([2H])(c1cnc(-c2[c-]cccc2)cc1C([2H])([2H])C(C)(C)C)C(C)(C)C.[2H]C([2H])(c1cnc(-c2[c-]cccc2)cc1C([2H])([2H])C(C)(C)C)C(C)(C)C.[Ir].[Ir]. The Bertz CT molecular complexity index is 7620. The van der Waals surface area contributed by atoms with E-state index in [4.69, 9.17) is 55.3 Å². The molecule has 652 valence electrons. The van der Waals surface area contributed by atoms with E-state index >= 15 is 0 Å². The monoisotopic (exact) mass is 2070 g/mol. The summed E-state index contributed by atoms with van der Waals surface area (Å²) in [5, 5.41) is 31.8. The summed E-state index contributed by atoms with van der Waals surface area (Å²) in [4.78, 5) is 17.8. The summed E-state index contributed by atoms with van der Waals surface area (Å²) in [5.41, 5.74) is 0.908. The average Bonchev–Trinajstić information content (AvgIpc) is 1.28. The molecule has 0 aliphatic carbocycles. The van der Waals surface area contributed by atoms with Gasteiger partial charge < -0.3 is 38.6 Å². The van der Waals surface area contributed by atoms with Crippen LogP contribution in [0.2, 0.25) is 0 Å². The number of hydrogen-bond acceptors (Lipinski definition) is 11. The van der Waals surface area contributed by atoms with Gasteiger partial charge in [0.05, 0.1) is 11.3 Å². The van der Waals surface area contributed by atoms with Crippen LogP contribution < -0.4 is 0 Å². The third-order valence-electron chi connectivity index (χ3n) is 19.3. The fourth-order valence-corrected chi connectivity index (χ4v) is 14.3. The quantitative estimate of drug-likeness (QED) is 0.0641. The van der Waals surface area contributed by atoms with Gasteiger partial charge in [0.15, 0.2) is 10.1 Å². The number of para-hydroxylation sites is 1. The maximum absolute atomic E-state index is 10.7. The van der Waals surface area contributed by atoms with Gasteiger partial charge in [-0.25, -0.2) is 8.42 Å². The maximum atomic E-state index is 10.7. The Kier molecular flexibility index (Phi) is 24.7. The van der Waals surface area contributed by atoms with Gasteiger partial charge in [0.25, 0.3) is 0 Å². The molecular weight excluding hydrogens is 1940 g/mol. The summed E-state index contributed by atoms with van der Waals surface area (Å²) in [6.07, 6.45) is -1.15. The Morgan fingerprint density at radius 3 is 1.08 bits per heavy atom. The minimum Gasteiger partial charge on any atom is -0.741 e. The second-order valence-electron chi connectivity index (χ2n) is 33.1. The molecule has 0 aliphatic heterocycles. The molecule has 125 heavy (non-hydrogen) atoms. The van der Waals surface area contributed by atoms with Gasteiger partial charge in [0.1, 0.15) is 16.7 Å². The van der Waals surface area contributed by atoms with Gasteiger partial charge in [-0.15, -0.1) is 90.0 Å². The van der Waals surface area contributed by atoms with E-state index in [2.05, 4.69) is 141 Å². The zero-order chi connectivity index (χ0) is 103. The number of alkyl halides is 3. The van der Waals surface area contributed by atoms with Crippen molar-refractivity contribution in [2.75, 3.05) is 14.2 Å². The Labute approximate surface area is 784 Å². The molecule has 0 saturated heterocycles. The number of halogens is 3. The van der Waals surface area contributed by atoms with Crippen LogP contribution in [-0.2, 0) is 75.8 Å². The van der Waals surface area contributed by atoms with Crippen LogP contribution >= 0.6 is 0 Å². The van der Waals surface area contributed by atoms with Crippen molar-refractivity contribution >= 4 is 119 Å². The van der Waals surface area contributed by atoms with Crippen LogP contribution in [-0.4, -0.2) is 62.8 Å². The number of aryl methyl sites for hydroxylation is 4. The molecule has 6 heterocycles. The van der Waals surface area contributed by atoms with Crippen LogP contribution in [0.5, 0.6) is 0 Å². The molecule has 12 aromatic carbocycles. The summed E-state index contributed by atoms with van der Waals surface area (Å²) >= 11 is 0. The second-order valence-corrected chi connectivity index (χ2v) is 34.5. The summed E-state index contributed by atoms with van der Waals surface area (Å²) in [5.74, 6) is 0. The zero-order valence-electron chi connectivity index (χ0n) is 88.1. The summed E-state index contributed by atoms with van der Waals surface area (Å²) in [6.45, 7) is 16.3. The summed E-state index contributed by atoms with van der Waals surface area (Å²) in [7, 11) is -4.09. The van der Waals surface area contributed by atoms with Crippen LogP contribution in [0.15, 0.2) is 258 Å². The maximum Gasteiger partial charge on any atom is 0.485 e. The molecule has 0 spiro atoms. The van der Waals surface area contributed by atoms with Gasteiger partial charge in [-0.3, -0.25) is 4.98 Å². The van der Waals surface area contributed by atoms with Gasteiger partial charge >= 0.3 is 5.51 Å². The fraction of sp³-hybridized carbons (Fsp3) is 0.259. The van der Waals surface area contributed by atoms with E-state index in [0.29, 0.717) is 78.5 Å². The normalized spacial score (nSPS) is 14.5. The third-order valence-corrected chi connectivity index (χ3v) is 19.9. The van der Waals surface area contributed by atoms with Crippen LogP contribution in [0.4, 0.5) is 13.2 Å². The van der Waals surface area contributed by atoms with Crippen molar-refractivity contribution in [3.63, 3.8) is 0 Å². The molecule has 11 nitrogen and oxygen atoms in total. The van der Waals surface area contributed by atoms with E-state index in [1.807, 2.05) is 162 Å². The molecule has 0 bridgehead atoms. The number of pyridine rings is 4. The molecule has 17 heteroatoms. The molecule has 6 aromatic heterocycles. The molecule has 0 saturated carbocycles. The van der Waals surface area contributed by atoms with E-state index in [9.17, 15) is 13.2 Å². The first-order valence-corrected chi connectivity index (χ1v) is 40.7. The minimum absolute atomic E-state index is 0. The van der Waals surface area contributed by atoms with Crippen molar-refractivity contribution < 1.29 is 109 Å². The van der Waals surface area contributed by atoms with E-state index in [-0.39, 0.29) is 58.8 Å². The van der Waals surface area contributed by atoms with Crippen LogP contribution in [0.1, 0.15) is 158 Å². The number of aromatic nitrogens is 4. The first-order chi connectivity index (χ1) is 64.6. The number of fused-ring (bicyclic) bond motifs is 18. The first kappa shape index (κ1) is 75.6. The Morgan fingerprint density at radius 2 is 0.696 bits per heavy atom. The Morgan fingerprint density at radius 1 is 0.368 bits per heavy atom. The molecule has 2 radical (unpaired) electrons. The largest absolute Gasteiger partial charge is 0.741 e. The minimum atomic E-state index is -6.09. The van der Waals surface area contributed by atoms with Crippen molar-refractivity contribution in [1.82, 2.24) is 19.9 Å². The molecule has 0 fully saturated rings. The number of aliphatic hydroxyl groups excluding tert-OH is 2. The predicted octanol–water partition coefficient (Wildman–Crippen LogP) is 28.6. The molecular formula is C108H109F3Ir2N4O7S-4. The number of benzene rings is 12. The number of hydrogen-bond donors (Lipinski definition) is 2. The molecule has 0 aliphatic rings. The van der Waals surface area contributed by atoms with Crippen LogP contribution in [0.25, 0.3) is 154 Å². The van der Waals surface area contributed by atoms with E-state index in [0.717, 1.165) is 91.2 Å². The van der Waals surface area contributed by atoms with Crippen LogP contribution in [0, 0.1) is 67.3 Å². The van der Waals surface area contributed by atoms with Gasteiger partial charge in [0.2, 0.25) is 0 Å². The molecule has 2 N–H and O–H groups in total. The van der Waals surface area contributed by atoms with Crippen molar-refractivity contribution in [2.24, 2.45) is 21.7 Å². The molecule has 18 rings (SSSR count). The average molecular weight is 2070 g/mol. The molecule has 0 unspecified atom stereocenters. The number of furan rings is 2. The molecule has 0 amide bonds. The van der Waals surface area contributed by atoms with Crippen molar-refractivity contribution in [1.29, 1.82) is 0 Å². The third kappa shape index (κ3) is 23.1. The van der Waals surface area contributed by atoms with Gasteiger partial charge in [0, 0.05) is 124 Å². The van der Waals surface area contributed by atoms with E-state index in [1.165, 1.54) is 56.2 Å². The Balaban J connectivity index is 0.000000205. The van der Waals surface area contributed by atoms with E-state index < -0.39 is 83.3 Å². The first-order valence-electron chi connectivity index (χ1n) is 47.8. The second kappa shape index (κ2) is 40.7. The van der Waals surface area contributed by atoms with Gasteiger partial charge in [-0.2, -0.15) is 13.2 Å². The van der Waals surface area contributed by atoms with Crippen LogP contribution in [0.3, 0.4) is 0 Å². The number of nitrogens with zero attached hydrogens (tertiary/aromatic N) is 4. The number of aliphatic hydroxyl groups is 2. The Hall–Kier alpha value is -10.7. The van der Waals surface area contributed by atoms with Gasteiger partial charge in [-0.05, 0) is 232 Å². The fourth-order valence-electron chi connectivity index (χ4n) is 14.3. The van der Waals surface area contributed by atoms with Gasteiger partial charge in [-0.1, -0.05) is 234 Å². The topological polar surface area (TPSA) is 175 Å². The summed E-state index contributed by atoms with van der Waals surface area (Å²) in [6, 6.07) is 82.5. The predicted molar refractivity (Wildman–Crippen MR) is 505 cm³/mol. The van der Waals surface area contributed by atoms with Crippen molar-refractivity contribution in [2.45, 2.75) is 149 Å². The summed E-state index contributed by atoms with van der Waals surface area (Å²) < 4.78 is 212. The number of rotatable bonds is 8. The molecule has 18 aromatic rings. The van der Waals surface area contributed by atoms with E-state index in [1.54, 1.807) is 49.5 Å². The van der Waals surface area contributed by atoms with Crippen molar-refractivity contribution in [3.8, 4) is 45.0 Å². The van der Waals surface area contributed by atoms with Crippen molar-refractivity contribution in [3.05, 3.63) is 312 Å². The standard InChI is InChI=1S/C31H21NO.C31H20NO.2C21H28N.CHF3O3S.2CH4O.CH4.2Ir/c2*1-18-14-29(32-17-19(18)2)25-13-7-12-24-28-15-26-22-10-5-3-8-20(22)21-9-4-6-11-23(21)27(26)16-30(28)33-31(24)25;2*1-20(2,3)13-17-12-19(16-10-8-7-9-11-16)22-15-18(17)14-21(4,5)6;2-1(3,4)8(5,6)7;2*1-2;;;/h3-17H,1-2H3;3-12,14-17H,1-2H3;2*7-10,12,15H,13-14H2,1-6H3;(H,5,6,7);2*2H,1H3;1H4;;/q;3*-1;;;;;;/p-1/i1D3;1D3,2D3;2*13D2,14D2;;;;;;. The zero-order valence-corrected chi connectivity index (χ0v) is 76.7. The smallest absolute Gasteiger partial charge is 0.485 e. The molecule has 0 atom stereocenters.